The molecular weight excluding hydrogens is 178 g/mol. The fraction of sp³-hybridized carbons (Fsp3) is 0.909. The molecule has 1 aliphatic carbocycles. The van der Waals surface area contributed by atoms with Crippen LogP contribution in [-0.4, -0.2) is 17.1 Å². The lowest BCUT2D eigenvalue weighted by atomic mass is 9.70. The molecule has 0 saturated heterocycles. The molecule has 1 rings (SSSR count). The number of rotatable bonds is 3. The first kappa shape index (κ1) is 11.5. The van der Waals surface area contributed by atoms with Gasteiger partial charge in [0.15, 0.2) is 0 Å². The Kier molecular flexibility index (Phi) is 3.53. The van der Waals surface area contributed by atoms with E-state index in [-0.39, 0.29) is 12.5 Å². The highest BCUT2D eigenvalue weighted by Crippen LogP contribution is 2.39. The molecule has 2 unspecified atom stereocenters. The second kappa shape index (κ2) is 4.30. The molecule has 0 bridgehead atoms. The molecule has 0 amide bonds. The van der Waals surface area contributed by atoms with Crippen LogP contribution in [0, 0.1) is 11.3 Å². The average molecular weight is 199 g/mol. The van der Waals surface area contributed by atoms with E-state index in [4.69, 9.17) is 10.8 Å². The smallest absolute Gasteiger partial charge is 0.304 e. The summed E-state index contributed by atoms with van der Waals surface area (Å²) in [5, 5.41) is 8.66. The van der Waals surface area contributed by atoms with Crippen LogP contribution < -0.4 is 5.73 Å². The van der Waals surface area contributed by atoms with E-state index in [1.807, 2.05) is 0 Å². The van der Waals surface area contributed by atoms with E-state index in [2.05, 4.69) is 13.8 Å². The minimum atomic E-state index is -0.777. The molecule has 14 heavy (non-hydrogen) atoms. The molecule has 1 fully saturated rings. The molecule has 0 aromatic carbocycles. The zero-order chi connectivity index (χ0) is 10.8. The standard InChI is InChI=1S/C11H21NO2/c1-11(2)5-3-4-8(7-11)9(12)6-10(13)14/h8-9H,3-7,12H2,1-2H3,(H,13,14). The first-order chi connectivity index (χ1) is 6.41. The molecule has 3 heteroatoms. The van der Waals surface area contributed by atoms with Crippen LogP contribution in [0.2, 0.25) is 0 Å². The third kappa shape index (κ3) is 3.29. The summed E-state index contributed by atoms with van der Waals surface area (Å²) in [6, 6.07) is -0.160. The minimum Gasteiger partial charge on any atom is -0.481 e. The summed E-state index contributed by atoms with van der Waals surface area (Å²) in [7, 11) is 0. The van der Waals surface area contributed by atoms with Crippen LogP contribution in [-0.2, 0) is 4.79 Å². The highest BCUT2D eigenvalue weighted by molar-refractivity contribution is 5.67. The van der Waals surface area contributed by atoms with Crippen molar-refractivity contribution in [2.75, 3.05) is 0 Å². The Balaban J connectivity index is 2.47. The van der Waals surface area contributed by atoms with Gasteiger partial charge in [-0.15, -0.1) is 0 Å². The number of hydrogen-bond acceptors (Lipinski definition) is 2. The van der Waals surface area contributed by atoms with Gasteiger partial charge in [0.05, 0.1) is 6.42 Å². The maximum Gasteiger partial charge on any atom is 0.304 e. The molecule has 0 radical (unpaired) electrons. The van der Waals surface area contributed by atoms with Crippen LogP contribution in [0.3, 0.4) is 0 Å². The van der Waals surface area contributed by atoms with Gasteiger partial charge in [0.25, 0.3) is 0 Å². The fourth-order valence-electron chi connectivity index (χ4n) is 2.49. The average Bonchev–Trinajstić information content (AvgIpc) is 2.01. The molecule has 1 saturated carbocycles. The summed E-state index contributed by atoms with van der Waals surface area (Å²) in [6.07, 6.45) is 4.70. The van der Waals surface area contributed by atoms with E-state index in [0.29, 0.717) is 11.3 Å². The van der Waals surface area contributed by atoms with E-state index >= 15 is 0 Å². The van der Waals surface area contributed by atoms with Crippen molar-refractivity contribution in [3.8, 4) is 0 Å². The normalized spacial score (nSPS) is 28.4. The molecule has 3 nitrogen and oxygen atoms in total. The van der Waals surface area contributed by atoms with Crippen LogP contribution in [0.4, 0.5) is 0 Å². The number of carboxylic acid groups (broad SMARTS) is 1. The van der Waals surface area contributed by atoms with Crippen LogP contribution in [0.15, 0.2) is 0 Å². The number of nitrogens with two attached hydrogens (primary N) is 1. The van der Waals surface area contributed by atoms with Crippen LogP contribution in [0.25, 0.3) is 0 Å². The summed E-state index contributed by atoms with van der Waals surface area (Å²) in [6.45, 7) is 4.49. The maximum atomic E-state index is 10.5. The number of carboxylic acids is 1. The Morgan fingerprint density at radius 3 is 2.79 bits per heavy atom. The van der Waals surface area contributed by atoms with E-state index in [1.165, 1.54) is 12.8 Å². The first-order valence-electron chi connectivity index (χ1n) is 5.38. The molecule has 0 heterocycles. The fourth-order valence-corrected chi connectivity index (χ4v) is 2.49. The second-order valence-electron chi connectivity index (χ2n) is 5.28. The molecule has 2 atom stereocenters. The van der Waals surface area contributed by atoms with Crippen molar-refractivity contribution in [2.24, 2.45) is 17.1 Å². The van der Waals surface area contributed by atoms with E-state index < -0.39 is 5.97 Å². The third-order valence-corrected chi connectivity index (χ3v) is 3.26. The molecule has 1 aliphatic rings. The van der Waals surface area contributed by atoms with Crippen LogP contribution in [0.1, 0.15) is 46.0 Å². The van der Waals surface area contributed by atoms with Gasteiger partial charge in [0.1, 0.15) is 0 Å². The molecule has 0 aromatic rings. The van der Waals surface area contributed by atoms with Gasteiger partial charge in [0.2, 0.25) is 0 Å². The molecular formula is C11H21NO2. The van der Waals surface area contributed by atoms with Crippen LogP contribution >= 0.6 is 0 Å². The molecule has 82 valence electrons. The van der Waals surface area contributed by atoms with Crippen molar-refractivity contribution in [1.82, 2.24) is 0 Å². The van der Waals surface area contributed by atoms with Crippen LogP contribution in [0.5, 0.6) is 0 Å². The van der Waals surface area contributed by atoms with Gasteiger partial charge in [-0.3, -0.25) is 4.79 Å². The predicted octanol–water partition coefficient (Wildman–Crippen LogP) is 2.00. The summed E-state index contributed by atoms with van der Waals surface area (Å²) in [4.78, 5) is 10.5. The van der Waals surface area contributed by atoms with Crippen molar-refractivity contribution in [1.29, 1.82) is 0 Å². The first-order valence-corrected chi connectivity index (χ1v) is 5.38. The molecule has 0 spiro atoms. The van der Waals surface area contributed by atoms with E-state index in [9.17, 15) is 4.79 Å². The maximum absolute atomic E-state index is 10.5. The van der Waals surface area contributed by atoms with E-state index in [0.717, 1.165) is 12.8 Å². The summed E-state index contributed by atoms with van der Waals surface area (Å²) in [5.74, 6) is -0.379. The van der Waals surface area contributed by atoms with Gasteiger partial charge < -0.3 is 10.8 Å². The summed E-state index contributed by atoms with van der Waals surface area (Å²) < 4.78 is 0. The lowest BCUT2D eigenvalue weighted by Gasteiger charge is -2.37. The van der Waals surface area contributed by atoms with Crippen molar-refractivity contribution in [3.05, 3.63) is 0 Å². The molecule has 0 aliphatic heterocycles. The Hall–Kier alpha value is -0.570. The lowest BCUT2D eigenvalue weighted by molar-refractivity contribution is -0.137. The number of aliphatic carboxylic acids is 1. The van der Waals surface area contributed by atoms with Gasteiger partial charge in [-0.2, -0.15) is 0 Å². The largest absolute Gasteiger partial charge is 0.481 e. The molecule has 0 aromatic heterocycles. The third-order valence-electron chi connectivity index (χ3n) is 3.26. The highest BCUT2D eigenvalue weighted by atomic mass is 16.4. The van der Waals surface area contributed by atoms with Gasteiger partial charge in [-0.25, -0.2) is 0 Å². The van der Waals surface area contributed by atoms with Gasteiger partial charge in [-0.1, -0.05) is 20.3 Å². The zero-order valence-corrected chi connectivity index (χ0v) is 9.12. The highest BCUT2D eigenvalue weighted by Gasteiger charge is 2.31. The Bertz CT molecular complexity index is 213. The van der Waals surface area contributed by atoms with Gasteiger partial charge in [0, 0.05) is 6.04 Å². The van der Waals surface area contributed by atoms with Gasteiger partial charge >= 0.3 is 5.97 Å². The SMILES string of the molecule is CC1(C)CCCC(C(N)CC(=O)O)C1. The minimum absolute atomic E-state index is 0.112. The topological polar surface area (TPSA) is 63.3 Å². The number of carbonyl (C=O) groups is 1. The van der Waals surface area contributed by atoms with Crippen molar-refractivity contribution in [3.63, 3.8) is 0 Å². The monoisotopic (exact) mass is 199 g/mol. The Morgan fingerprint density at radius 2 is 2.29 bits per heavy atom. The van der Waals surface area contributed by atoms with Crippen molar-refractivity contribution in [2.45, 2.75) is 52.0 Å². The van der Waals surface area contributed by atoms with E-state index in [1.54, 1.807) is 0 Å². The van der Waals surface area contributed by atoms with Crippen molar-refractivity contribution >= 4 is 5.97 Å². The van der Waals surface area contributed by atoms with Crippen molar-refractivity contribution < 1.29 is 9.90 Å². The number of hydrogen-bond donors (Lipinski definition) is 2. The lowest BCUT2D eigenvalue weighted by Crippen LogP contribution is -2.37. The Labute approximate surface area is 85.7 Å². The second-order valence-corrected chi connectivity index (χ2v) is 5.28. The quantitative estimate of drug-likeness (QED) is 0.730. The Morgan fingerprint density at radius 1 is 1.64 bits per heavy atom. The summed E-state index contributed by atoms with van der Waals surface area (Å²) >= 11 is 0. The van der Waals surface area contributed by atoms with Gasteiger partial charge in [-0.05, 0) is 30.6 Å². The zero-order valence-electron chi connectivity index (χ0n) is 9.12. The summed E-state index contributed by atoms with van der Waals surface area (Å²) in [5.41, 5.74) is 6.24. The predicted molar refractivity (Wildman–Crippen MR) is 56.0 cm³/mol. The molecule has 3 N–H and O–H groups in total.